The molecule has 0 saturated carbocycles. The summed E-state index contributed by atoms with van der Waals surface area (Å²) in [7, 11) is 0. The van der Waals surface area contributed by atoms with Gasteiger partial charge in [-0.1, -0.05) is 23.7 Å². The second kappa shape index (κ2) is 9.32. The molecule has 0 aliphatic heterocycles. The molecule has 2 heterocycles. The number of ether oxygens (including phenoxy) is 1. The lowest BCUT2D eigenvalue weighted by atomic mass is 10.2. The van der Waals surface area contributed by atoms with E-state index in [1.807, 2.05) is 44.3 Å². The molecule has 6 nitrogen and oxygen atoms in total. The van der Waals surface area contributed by atoms with Crippen LogP contribution in [0.1, 0.15) is 31.8 Å². The highest BCUT2D eigenvalue weighted by Crippen LogP contribution is 2.23. The Morgan fingerprint density at radius 3 is 2.55 bits per heavy atom. The van der Waals surface area contributed by atoms with Crippen LogP contribution in [0.3, 0.4) is 0 Å². The fraction of sp³-hybridized carbons (Fsp3) is 0.174. The summed E-state index contributed by atoms with van der Waals surface area (Å²) < 4.78 is 7.80. The van der Waals surface area contributed by atoms with E-state index in [0.717, 1.165) is 28.6 Å². The van der Waals surface area contributed by atoms with Crippen LogP contribution in [-0.2, 0) is 13.2 Å². The van der Waals surface area contributed by atoms with Crippen molar-refractivity contribution in [3.8, 4) is 5.75 Å². The summed E-state index contributed by atoms with van der Waals surface area (Å²) in [6.07, 6.45) is 3.74. The number of carbonyl (C=O) groups is 1. The van der Waals surface area contributed by atoms with Gasteiger partial charge in [-0.15, -0.1) is 11.3 Å². The summed E-state index contributed by atoms with van der Waals surface area (Å²) in [6, 6.07) is 14.9. The lowest BCUT2D eigenvalue weighted by molar-refractivity contribution is 0.103. The van der Waals surface area contributed by atoms with Crippen molar-refractivity contribution in [2.24, 2.45) is 0 Å². The van der Waals surface area contributed by atoms with Gasteiger partial charge in [0.05, 0.1) is 5.69 Å². The summed E-state index contributed by atoms with van der Waals surface area (Å²) >= 11 is 7.22. The highest BCUT2D eigenvalue weighted by molar-refractivity contribution is 7.13. The van der Waals surface area contributed by atoms with E-state index < -0.39 is 0 Å². The monoisotopic (exact) mass is 452 g/mol. The summed E-state index contributed by atoms with van der Waals surface area (Å²) in [5.41, 5.74) is 2.56. The average Bonchev–Trinajstić information content (AvgIpc) is 3.34. The quantitative estimate of drug-likeness (QED) is 0.402. The van der Waals surface area contributed by atoms with Gasteiger partial charge in [-0.2, -0.15) is 0 Å². The van der Waals surface area contributed by atoms with Crippen molar-refractivity contribution < 1.29 is 9.53 Å². The maximum atomic E-state index is 12.7. The summed E-state index contributed by atoms with van der Waals surface area (Å²) in [5.74, 6) is 1.49. The Morgan fingerprint density at radius 2 is 1.87 bits per heavy atom. The van der Waals surface area contributed by atoms with Crippen LogP contribution >= 0.6 is 22.9 Å². The number of rotatable bonds is 7. The number of hydrogen-bond donors (Lipinski definition) is 1. The van der Waals surface area contributed by atoms with Crippen molar-refractivity contribution in [2.75, 3.05) is 5.32 Å². The van der Waals surface area contributed by atoms with Gasteiger partial charge < -0.3 is 14.6 Å². The molecule has 1 N–H and O–H groups in total. The van der Waals surface area contributed by atoms with Gasteiger partial charge in [0.2, 0.25) is 0 Å². The molecular formula is C23H21ClN4O2S. The van der Waals surface area contributed by atoms with Gasteiger partial charge in [0.1, 0.15) is 28.1 Å². The first-order valence-electron chi connectivity index (χ1n) is 9.70. The lowest BCUT2D eigenvalue weighted by Gasteiger charge is -2.08. The summed E-state index contributed by atoms with van der Waals surface area (Å²) in [6.45, 7) is 4.84. The molecule has 4 aromatic rings. The van der Waals surface area contributed by atoms with E-state index in [2.05, 4.69) is 19.9 Å². The second-order valence-electron chi connectivity index (χ2n) is 7.02. The number of imidazole rings is 1. The molecule has 2 aromatic heterocycles. The fourth-order valence-corrected chi connectivity index (χ4v) is 4.05. The Balaban J connectivity index is 1.37. The van der Waals surface area contributed by atoms with E-state index in [0.29, 0.717) is 28.0 Å². The van der Waals surface area contributed by atoms with Crippen molar-refractivity contribution in [2.45, 2.75) is 27.0 Å². The number of aromatic nitrogens is 3. The topological polar surface area (TPSA) is 69.0 Å². The van der Waals surface area contributed by atoms with E-state index in [9.17, 15) is 4.79 Å². The van der Waals surface area contributed by atoms with Crippen LogP contribution in [0.25, 0.3) is 0 Å². The van der Waals surface area contributed by atoms with Gasteiger partial charge in [0.15, 0.2) is 0 Å². The SMILES string of the molecule is Cc1nc(COc2ccc(Cl)cc2)sc1C(=O)Nc1ccc(Cn2ccnc2C)cc1. The summed E-state index contributed by atoms with van der Waals surface area (Å²) in [5, 5.41) is 4.34. The molecule has 8 heteroatoms. The van der Waals surface area contributed by atoms with E-state index in [-0.39, 0.29) is 5.91 Å². The van der Waals surface area contributed by atoms with Gasteiger partial charge in [0, 0.05) is 29.6 Å². The molecule has 0 unspecified atom stereocenters. The number of amides is 1. The Bertz CT molecular complexity index is 1180. The van der Waals surface area contributed by atoms with E-state index in [4.69, 9.17) is 16.3 Å². The lowest BCUT2D eigenvalue weighted by Crippen LogP contribution is -2.11. The number of carbonyl (C=O) groups excluding carboxylic acids is 1. The fourth-order valence-electron chi connectivity index (χ4n) is 3.05. The first kappa shape index (κ1) is 21.1. The maximum absolute atomic E-state index is 12.7. The molecule has 4 rings (SSSR count). The standard InChI is InChI=1S/C23H21ClN4O2S/c1-15-22(31-21(26-15)14-30-20-9-5-18(24)6-10-20)23(29)27-19-7-3-17(4-8-19)13-28-12-11-25-16(28)2/h3-12H,13-14H2,1-2H3,(H,27,29). The van der Waals surface area contributed by atoms with Crippen molar-refractivity contribution in [1.82, 2.24) is 14.5 Å². The maximum Gasteiger partial charge on any atom is 0.267 e. The Kier molecular flexibility index (Phi) is 6.34. The third-order valence-electron chi connectivity index (χ3n) is 4.71. The molecule has 0 saturated heterocycles. The van der Waals surface area contributed by atoms with Crippen molar-refractivity contribution in [3.05, 3.63) is 92.9 Å². The number of nitrogens with zero attached hydrogens (tertiary/aromatic N) is 3. The highest BCUT2D eigenvalue weighted by Gasteiger charge is 2.16. The molecule has 0 spiro atoms. The molecule has 31 heavy (non-hydrogen) atoms. The third kappa shape index (κ3) is 5.31. The molecular weight excluding hydrogens is 432 g/mol. The minimum Gasteiger partial charge on any atom is -0.486 e. The zero-order chi connectivity index (χ0) is 21.8. The molecule has 2 aromatic carbocycles. The molecule has 0 aliphatic carbocycles. The molecule has 1 amide bonds. The van der Waals surface area contributed by atoms with E-state index in [1.54, 1.807) is 30.5 Å². The van der Waals surface area contributed by atoms with Gasteiger partial charge in [-0.3, -0.25) is 4.79 Å². The van der Waals surface area contributed by atoms with Gasteiger partial charge in [-0.05, 0) is 55.8 Å². The number of hydrogen-bond acceptors (Lipinski definition) is 5. The smallest absolute Gasteiger partial charge is 0.267 e. The molecule has 0 fully saturated rings. The first-order chi connectivity index (χ1) is 15.0. The number of halogens is 1. The average molecular weight is 453 g/mol. The van der Waals surface area contributed by atoms with Gasteiger partial charge in [0.25, 0.3) is 5.91 Å². The predicted octanol–water partition coefficient (Wildman–Crippen LogP) is 5.49. The Hall–Kier alpha value is -3.16. The predicted molar refractivity (Wildman–Crippen MR) is 123 cm³/mol. The Labute approximate surface area is 189 Å². The number of nitrogens with one attached hydrogen (secondary N) is 1. The van der Waals surface area contributed by atoms with Crippen molar-refractivity contribution in [1.29, 1.82) is 0 Å². The van der Waals surface area contributed by atoms with Gasteiger partial charge in [-0.25, -0.2) is 9.97 Å². The van der Waals surface area contributed by atoms with Crippen LogP contribution in [0.4, 0.5) is 5.69 Å². The van der Waals surface area contributed by atoms with Crippen LogP contribution in [0.5, 0.6) is 5.75 Å². The normalized spacial score (nSPS) is 10.8. The number of benzene rings is 2. The molecule has 158 valence electrons. The van der Waals surface area contributed by atoms with Crippen LogP contribution in [0.15, 0.2) is 60.9 Å². The second-order valence-corrected chi connectivity index (χ2v) is 8.54. The van der Waals surface area contributed by atoms with Gasteiger partial charge >= 0.3 is 0 Å². The Morgan fingerprint density at radius 1 is 1.13 bits per heavy atom. The van der Waals surface area contributed by atoms with Crippen molar-refractivity contribution >= 4 is 34.5 Å². The number of thiazole rings is 1. The molecule has 0 bridgehead atoms. The summed E-state index contributed by atoms with van der Waals surface area (Å²) in [4.78, 5) is 22.0. The van der Waals surface area contributed by atoms with Crippen LogP contribution in [0, 0.1) is 13.8 Å². The van der Waals surface area contributed by atoms with Crippen molar-refractivity contribution in [3.63, 3.8) is 0 Å². The minimum atomic E-state index is -0.175. The third-order valence-corrected chi connectivity index (χ3v) is 6.09. The number of aryl methyl sites for hydroxylation is 2. The van der Waals surface area contributed by atoms with E-state index in [1.165, 1.54) is 11.3 Å². The largest absolute Gasteiger partial charge is 0.486 e. The van der Waals surface area contributed by atoms with E-state index >= 15 is 0 Å². The zero-order valence-corrected chi connectivity index (χ0v) is 18.7. The van der Waals surface area contributed by atoms with Crippen LogP contribution in [0.2, 0.25) is 5.02 Å². The van der Waals surface area contributed by atoms with Crippen LogP contribution in [-0.4, -0.2) is 20.4 Å². The molecule has 0 radical (unpaired) electrons. The van der Waals surface area contributed by atoms with Crippen LogP contribution < -0.4 is 10.1 Å². The molecule has 0 aliphatic rings. The minimum absolute atomic E-state index is 0.175. The first-order valence-corrected chi connectivity index (χ1v) is 10.9. The highest BCUT2D eigenvalue weighted by atomic mass is 35.5. The number of anilines is 1. The molecule has 0 atom stereocenters. The zero-order valence-electron chi connectivity index (χ0n) is 17.1.